The molecule has 0 radical (unpaired) electrons. The van der Waals surface area contributed by atoms with E-state index in [1.807, 2.05) is 0 Å². The summed E-state index contributed by atoms with van der Waals surface area (Å²) in [6.07, 6.45) is 0. The average molecular weight is 154 g/mol. The molecule has 1 rings (SSSR count). The smallest absolute Gasteiger partial charge is 0.356 e. The minimum absolute atomic E-state index is 0.138. The van der Waals surface area contributed by atoms with Crippen molar-refractivity contribution in [1.82, 2.24) is 15.4 Å². The maximum absolute atomic E-state index is 10.3. The minimum Gasteiger partial charge on any atom is -0.476 e. The first-order valence-electron chi connectivity index (χ1n) is 2.86. The first-order valence-corrected chi connectivity index (χ1v) is 2.86. The Morgan fingerprint density at radius 2 is 2.36 bits per heavy atom. The molecule has 0 spiro atoms. The molecule has 11 heavy (non-hydrogen) atoms. The third-order valence-corrected chi connectivity index (χ3v) is 1.06. The third kappa shape index (κ3) is 1.68. The Bertz CT molecular complexity index is 275. The molecular weight excluding hydrogens is 148 g/mol. The summed E-state index contributed by atoms with van der Waals surface area (Å²) < 4.78 is 0. The Hall–Kier alpha value is -1.56. The van der Waals surface area contributed by atoms with Crippen molar-refractivity contribution in [2.24, 2.45) is 5.73 Å². The van der Waals surface area contributed by atoms with Gasteiger partial charge < -0.3 is 10.8 Å². The van der Waals surface area contributed by atoms with Crippen LogP contribution in [0, 0.1) is 0 Å². The standard InChI is InChI=1S/C5H6N4O2/c6-2-3-1-4(5(10)11)8-9-7-3/h1H,2,6H2,(H,10,11). The average Bonchev–Trinajstić information content (AvgIpc) is 2.05. The third-order valence-electron chi connectivity index (χ3n) is 1.06. The molecule has 0 aliphatic carbocycles. The molecule has 0 aliphatic heterocycles. The van der Waals surface area contributed by atoms with E-state index < -0.39 is 5.97 Å². The van der Waals surface area contributed by atoms with Crippen LogP contribution in [0.5, 0.6) is 0 Å². The lowest BCUT2D eigenvalue weighted by Crippen LogP contribution is -2.08. The van der Waals surface area contributed by atoms with Crippen LogP contribution in [0.4, 0.5) is 0 Å². The van der Waals surface area contributed by atoms with E-state index >= 15 is 0 Å². The van der Waals surface area contributed by atoms with Crippen LogP contribution in [0.25, 0.3) is 0 Å². The highest BCUT2D eigenvalue weighted by atomic mass is 16.4. The number of carboxylic acid groups (broad SMARTS) is 1. The predicted octanol–water partition coefficient (Wildman–Crippen LogP) is -0.972. The first kappa shape index (κ1) is 7.55. The summed E-state index contributed by atoms with van der Waals surface area (Å²) in [5.41, 5.74) is 5.47. The maximum Gasteiger partial charge on any atom is 0.356 e. The van der Waals surface area contributed by atoms with Crippen molar-refractivity contribution in [3.8, 4) is 0 Å². The van der Waals surface area contributed by atoms with E-state index in [2.05, 4.69) is 15.4 Å². The van der Waals surface area contributed by atoms with E-state index in [-0.39, 0.29) is 12.2 Å². The van der Waals surface area contributed by atoms with Crippen molar-refractivity contribution in [2.75, 3.05) is 0 Å². The number of carboxylic acids is 1. The quantitative estimate of drug-likeness (QED) is 0.568. The highest BCUT2D eigenvalue weighted by molar-refractivity contribution is 5.84. The van der Waals surface area contributed by atoms with Gasteiger partial charge in [-0.05, 0) is 11.3 Å². The molecule has 58 valence electrons. The molecule has 0 aliphatic rings. The van der Waals surface area contributed by atoms with E-state index in [1.165, 1.54) is 6.07 Å². The summed E-state index contributed by atoms with van der Waals surface area (Å²) in [5, 5.41) is 18.4. The molecule has 3 N–H and O–H groups in total. The maximum atomic E-state index is 10.3. The lowest BCUT2D eigenvalue weighted by molar-refractivity contribution is 0.0688. The van der Waals surface area contributed by atoms with E-state index in [9.17, 15) is 4.79 Å². The Morgan fingerprint density at radius 3 is 2.91 bits per heavy atom. The van der Waals surface area contributed by atoms with Crippen LogP contribution in [0.15, 0.2) is 6.07 Å². The fourth-order valence-electron chi connectivity index (χ4n) is 0.548. The number of aromatic nitrogens is 3. The van der Waals surface area contributed by atoms with Crippen LogP contribution in [-0.2, 0) is 6.54 Å². The van der Waals surface area contributed by atoms with Gasteiger partial charge in [0.1, 0.15) is 0 Å². The van der Waals surface area contributed by atoms with Gasteiger partial charge in [-0.25, -0.2) is 4.79 Å². The molecule has 1 heterocycles. The second-order valence-electron chi connectivity index (χ2n) is 1.82. The van der Waals surface area contributed by atoms with Gasteiger partial charge in [0.25, 0.3) is 0 Å². The highest BCUT2D eigenvalue weighted by Gasteiger charge is 2.05. The van der Waals surface area contributed by atoms with Crippen molar-refractivity contribution in [3.05, 3.63) is 17.5 Å². The van der Waals surface area contributed by atoms with Gasteiger partial charge in [0.05, 0.1) is 5.69 Å². The van der Waals surface area contributed by atoms with Gasteiger partial charge in [-0.2, -0.15) is 0 Å². The monoisotopic (exact) mass is 154 g/mol. The molecule has 1 aromatic rings. The highest BCUT2D eigenvalue weighted by Crippen LogP contribution is 1.94. The van der Waals surface area contributed by atoms with E-state index in [1.54, 1.807) is 0 Å². The lowest BCUT2D eigenvalue weighted by atomic mass is 10.3. The molecule has 0 fully saturated rings. The predicted molar refractivity (Wildman–Crippen MR) is 34.7 cm³/mol. The fraction of sp³-hybridized carbons (Fsp3) is 0.200. The van der Waals surface area contributed by atoms with Gasteiger partial charge in [0.2, 0.25) is 0 Å². The van der Waals surface area contributed by atoms with Gasteiger partial charge in [-0.15, -0.1) is 10.2 Å². The van der Waals surface area contributed by atoms with Crippen LogP contribution in [0.3, 0.4) is 0 Å². The summed E-state index contributed by atoms with van der Waals surface area (Å²) in [4.78, 5) is 10.3. The molecule has 0 saturated heterocycles. The van der Waals surface area contributed by atoms with Gasteiger partial charge in [0.15, 0.2) is 5.69 Å². The summed E-state index contributed by atoms with van der Waals surface area (Å²) in [5.74, 6) is -1.13. The molecule has 0 atom stereocenters. The van der Waals surface area contributed by atoms with Crippen molar-refractivity contribution in [1.29, 1.82) is 0 Å². The van der Waals surface area contributed by atoms with Crippen LogP contribution in [0.2, 0.25) is 0 Å². The number of nitrogens with two attached hydrogens (primary N) is 1. The van der Waals surface area contributed by atoms with Gasteiger partial charge >= 0.3 is 5.97 Å². The Labute approximate surface area is 62.1 Å². The van der Waals surface area contributed by atoms with E-state index in [4.69, 9.17) is 10.8 Å². The van der Waals surface area contributed by atoms with Crippen molar-refractivity contribution < 1.29 is 9.90 Å². The van der Waals surface area contributed by atoms with Crippen LogP contribution in [0.1, 0.15) is 16.2 Å². The van der Waals surface area contributed by atoms with Crippen LogP contribution < -0.4 is 5.73 Å². The van der Waals surface area contributed by atoms with Crippen molar-refractivity contribution >= 4 is 5.97 Å². The van der Waals surface area contributed by atoms with E-state index in [0.717, 1.165) is 0 Å². The number of hydrogen-bond donors (Lipinski definition) is 2. The number of hydrogen-bond acceptors (Lipinski definition) is 5. The Balaban J connectivity index is 3.01. The molecule has 0 amide bonds. The molecule has 0 bridgehead atoms. The normalized spacial score (nSPS) is 9.55. The zero-order chi connectivity index (χ0) is 8.27. The largest absolute Gasteiger partial charge is 0.476 e. The van der Waals surface area contributed by atoms with Gasteiger partial charge in [0, 0.05) is 6.54 Å². The summed E-state index contributed by atoms with van der Waals surface area (Å²) in [6.45, 7) is 0.162. The lowest BCUT2D eigenvalue weighted by Gasteiger charge is -1.93. The van der Waals surface area contributed by atoms with E-state index in [0.29, 0.717) is 5.69 Å². The second-order valence-corrected chi connectivity index (χ2v) is 1.82. The first-order chi connectivity index (χ1) is 5.24. The SMILES string of the molecule is NCc1cc(C(=O)O)nnn1. The van der Waals surface area contributed by atoms with Crippen molar-refractivity contribution in [2.45, 2.75) is 6.54 Å². The molecule has 6 nitrogen and oxygen atoms in total. The van der Waals surface area contributed by atoms with Crippen molar-refractivity contribution in [3.63, 3.8) is 0 Å². The second kappa shape index (κ2) is 3.02. The Morgan fingerprint density at radius 1 is 1.64 bits per heavy atom. The van der Waals surface area contributed by atoms with Gasteiger partial charge in [-0.3, -0.25) is 0 Å². The summed E-state index contributed by atoms with van der Waals surface area (Å²) in [7, 11) is 0. The minimum atomic E-state index is -1.13. The zero-order valence-corrected chi connectivity index (χ0v) is 5.56. The van der Waals surface area contributed by atoms with Gasteiger partial charge in [-0.1, -0.05) is 0 Å². The van der Waals surface area contributed by atoms with Crippen LogP contribution in [-0.4, -0.2) is 26.5 Å². The number of nitrogens with zero attached hydrogens (tertiary/aromatic N) is 3. The molecule has 0 saturated carbocycles. The number of aromatic carboxylic acids is 1. The molecular formula is C5H6N4O2. The Kier molecular flexibility index (Phi) is 2.07. The summed E-state index contributed by atoms with van der Waals surface area (Å²) >= 11 is 0. The molecule has 0 aromatic carbocycles. The molecule has 6 heteroatoms. The molecule has 1 aromatic heterocycles. The molecule has 0 unspecified atom stereocenters. The fourth-order valence-corrected chi connectivity index (χ4v) is 0.548. The number of carbonyl (C=O) groups is 1. The number of rotatable bonds is 2. The zero-order valence-electron chi connectivity index (χ0n) is 5.56. The summed E-state index contributed by atoms with van der Waals surface area (Å²) in [6, 6.07) is 1.29. The topological polar surface area (TPSA) is 102 Å². The van der Waals surface area contributed by atoms with Crippen LogP contribution >= 0.6 is 0 Å².